The smallest absolute Gasteiger partial charge is 0.240 e. The van der Waals surface area contributed by atoms with Gasteiger partial charge >= 0.3 is 0 Å². The maximum atomic E-state index is 12.3. The second kappa shape index (κ2) is 9.76. The molecule has 7 nitrogen and oxygen atoms in total. The highest BCUT2D eigenvalue weighted by Crippen LogP contribution is 2.25. The number of guanidine groups is 1. The van der Waals surface area contributed by atoms with Gasteiger partial charge in [0.15, 0.2) is 5.96 Å². The Labute approximate surface area is 172 Å². The average Bonchev–Trinajstić information content (AvgIpc) is 3.18. The molecule has 0 spiro atoms. The number of aryl methyl sites for hydroxylation is 1. The third-order valence-corrected chi connectivity index (χ3v) is 6.20. The second-order valence-corrected chi connectivity index (χ2v) is 8.69. The van der Waals surface area contributed by atoms with E-state index >= 15 is 0 Å². The standard InChI is InChI=1S/C21H28N4O3S/c1-16-3-6-19(7-4-16)29(26,27)25-13-12-24-21(22-2)23-11-9-17-5-8-20-18(15-17)10-14-28-20/h3-8,15,25H,9-14H2,1-2H3,(H2,22,23,24). The van der Waals surface area contributed by atoms with E-state index in [-0.39, 0.29) is 11.4 Å². The van der Waals surface area contributed by atoms with Gasteiger partial charge in [0.2, 0.25) is 10.0 Å². The summed E-state index contributed by atoms with van der Waals surface area (Å²) in [6.07, 6.45) is 1.84. The largest absolute Gasteiger partial charge is 0.493 e. The van der Waals surface area contributed by atoms with Crippen molar-refractivity contribution < 1.29 is 13.2 Å². The van der Waals surface area contributed by atoms with Gasteiger partial charge in [-0.25, -0.2) is 13.1 Å². The van der Waals surface area contributed by atoms with E-state index in [0.29, 0.717) is 12.5 Å². The third kappa shape index (κ3) is 5.95. The number of nitrogens with zero attached hydrogens (tertiary/aromatic N) is 1. The summed E-state index contributed by atoms with van der Waals surface area (Å²) in [6.45, 7) is 4.11. The maximum Gasteiger partial charge on any atom is 0.240 e. The molecule has 0 unspecified atom stereocenters. The van der Waals surface area contributed by atoms with Gasteiger partial charge < -0.3 is 15.4 Å². The van der Waals surface area contributed by atoms with E-state index in [1.165, 1.54) is 11.1 Å². The molecule has 29 heavy (non-hydrogen) atoms. The van der Waals surface area contributed by atoms with Gasteiger partial charge in [0.25, 0.3) is 0 Å². The molecule has 0 aromatic heterocycles. The molecule has 0 atom stereocenters. The summed E-state index contributed by atoms with van der Waals surface area (Å²) in [7, 11) is -1.81. The van der Waals surface area contributed by atoms with Crippen molar-refractivity contribution in [1.29, 1.82) is 0 Å². The van der Waals surface area contributed by atoms with Crippen LogP contribution in [-0.2, 0) is 22.9 Å². The molecule has 0 saturated heterocycles. The molecule has 0 amide bonds. The lowest BCUT2D eigenvalue weighted by molar-refractivity contribution is 0.357. The monoisotopic (exact) mass is 416 g/mol. The predicted octanol–water partition coefficient (Wildman–Crippen LogP) is 1.62. The molecule has 156 valence electrons. The molecule has 8 heteroatoms. The Kier molecular flexibility index (Phi) is 7.11. The van der Waals surface area contributed by atoms with Crippen LogP contribution in [0.25, 0.3) is 0 Å². The Morgan fingerprint density at radius 3 is 2.59 bits per heavy atom. The van der Waals surface area contributed by atoms with Crippen LogP contribution in [0.15, 0.2) is 52.4 Å². The highest BCUT2D eigenvalue weighted by atomic mass is 32.2. The minimum absolute atomic E-state index is 0.266. The van der Waals surface area contributed by atoms with Crippen molar-refractivity contribution in [2.24, 2.45) is 4.99 Å². The summed E-state index contributed by atoms with van der Waals surface area (Å²) in [5, 5.41) is 6.37. The predicted molar refractivity (Wildman–Crippen MR) is 115 cm³/mol. The van der Waals surface area contributed by atoms with Crippen molar-refractivity contribution in [1.82, 2.24) is 15.4 Å². The Morgan fingerprint density at radius 1 is 1.07 bits per heavy atom. The summed E-state index contributed by atoms with van der Waals surface area (Å²) in [5.74, 6) is 1.64. The summed E-state index contributed by atoms with van der Waals surface area (Å²) in [6, 6.07) is 13.1. The quantitative estimate of drug-likeness (QED) is 0.346. The van der Waals surface area contributed by atoms with E-state index in [1.807, 2.05) is 13.0 Å². The number of hydrogen-bond donors (Lipinski definition) is 3. The van der Waals surface area contributed by atoms with Gasteiger partial charge in [-0.2, -0.15) is 0 Å². The van der Waals surface area contributed by atoms with Crippen LogP contribution in [-0.4, -0.2) is 47.7 Å². The lowest BCUT2D eigenvalue weighted by atomic mass is 10.1. The number of hydrogen-bond acceptors (Lipinski definition) is 4. The fraction of sp³-hybridized carbons (Fsp3) is 0.381. The van der Waals surface area contributed by atoms with Crippen LogP contribution in [0, 0.1) is 6.92 Å². The molecule has 0 fully saturated rings. The Morgan fingerprint density at radius 2 is 1.83 bits per heavy atom. The SMILES string of the molecule is CN=C(NCCNS(=O)(=O)c1ccc(C)cc1)NCCc1ccc2c(c1)CCO2. The third-order valence-electron chi connectivity index (χ3n) is 4.72. The van der Waals surface area contributed by atoms with Crippen molar-refractivity contribution in [3.8, 4) is 5.75 Å². The van der Waals surface area contributed by atoms with Crippen molar-refractivity contribution in [3.05, 3.63) is 59.2 Å². The molecule has 0 saturated carbocycles. The number of rotatable bonds is 8. The van der Waals surface area contributed by atoms with Gasteiger partial charge in [-0.15, -0.1) is 0 Å². The lowest BCUT2D eigenvalue weighted by Gasteiger charge is -2.13. The van der Waals surface area contributed by atoms with Crippen molar-refractivity contribution >= 4 is 16.0 Å². The molecule has 1 aliphatic heterocycles. The molecule has 2 aromatic carbocycles. The van der Waals surface area contributed by atoms with Crippen molar-refractivity contribution in [3.63, 3.8) is 0 Å². The Bertz CT molecular complexity index is 956. The molecule has 2 aromatic rings. The van der Waals surface area contributed by atoms with E-state index in [2.05, 4.69) is 32.5 Å². The first-order valence-corrected chi connectivity index (χ1v) is 11.2. The number of ether oxygens (including phenoxy) is 1. The number of benzene rings is 2. The van der Waals surface area contributed by atoms with Crippen LogP contribution in [0.5, 0.6) is 5.75 Å². The highest BCUT2D eigenvalue weighted by molar-refractivity contribution is 7.89. The summed E-state index contributed by atoms with van der Waals surface area (Å²) in [4.78, 5) is 4.44. The van der Waals surface area contributed by atoms with Crippen LogP contribution in [0.3, 0.4) is 0 Å². The first-order chi connectivity index (χ1) is 14.0. The molecular weight excluding hydrogens is 388 g/mol. The van der Waals surface area contributed by atoms with Gasteiger partial charge in [-0.1, -0.05) is 29.8 Å². The van der Waals surface area contributed by atoms with E-state index < -0.39 is 10.0 Å². The van der Waals surface area contributed by atoms with E-state index in [0.717, 1.165) is 37.3 Å². The van der Waals surface area contributed by atoms with Gasteiger partial charge in [0.05, 0.1) is 11.5 Å². The van der Waals surface area contributed by atoms with Crippen LogP contribution in [0.2, 0.25) is 0 Å². The fourth-order valence-corrected chi connectivity index (χ4v) is 4.14. The lowest BCUT2D eigenvalue weighted by Crippen LogP contribution is -2.42. The number of fused-ring (bicyclic) bond motifs is 1. The van der Waals surface area contributed by atoms with Gasteiger partial charge in [-0.3, -0.25) is 4.99 Å². The molecule has 1 heterocycles. The number of nitrogens with one attached hydrogen (secondary N) is 3. The number of aliphatic imine (C=N–C) groups is 1. The second-order valence-electron chi connectivity index (χ2n) is 6.93. The molecule has 0 radical (unpaired) electrons. The van der Waals surface area contributed by atoms with E-state index in [1.54, 1.807) is 31.3 Å². The molecule has 1 aliphatic rings. The molecule has 3 rings (SSSR count). The van der Waals surface area contributed by atoms with Gasteiger partial charge in [-0.05, 0) is 42.7 Å². The average molecular weight is 417 g/mol. The molecule has 3 N–H and O–H groups in total. The minimum atomic E-state index is -3.50. The van der Waals surface area contributed by atoms with Crippen molar-refractivity contribution in [2.75, 3.05) is 33.3 Å². The van der Waals surface area contributed by atoms with Crippen LogP contribution in [0.4, 0.5) is 0 Å². The summed E-state index contributed by atoms with van der Waals surface area (Å²) >= 11 is 0. The molecular formula is C21H28N4O3S. The van der Waals surface area contributed by atoms with Crippen molar-refractivity contribution in [2.45, 2.75) is 24.7 Å². The first-order valence-electron chi connectivity index (χ1n) is 9.73. The maximum absolute atomic E-state index is 12.3. The number of sulfonamides is 1. The van der Waals surface area contributed by atoms with Gasteiger partial charge in [0, 0.05) is 33.1 Å². The van der Waals surface area contributed by atoms with Crippen LogP contribution < -0.4 is 20.1 Å². The zero-order chi connectivity index (χ0) is 20.7. The minimum Gasteiger partial charge on any atom is -0.493 e. The van der Waals surface area contributed by atoms with Crippen LogP contribution >= 0.6 is 0 Å². The summed E-state index contributed by atoms with van der Waals surface area (Å²) in [5.41, 5.74) is 3.54. The fourth-order valence-electron chi connectivity index (χ4n) is 3.11. The van der Waals surface area contributed by atoms with Gasteiger partial charge in [0.1, 0.15) is 5.75 Å². The van der Waals surface area contributed by atoms with Crippen LogP contribution in [0.1, 0.15) is 16.7 Å². The Balaban J connectivity index is 1.38. The van der Waals surface area contributed by atoms with E-state index in [9.17, 15) is 8.42 Å². The normalized spacial score (nSPS) is 13.7. The summed E-state index contributed by atoms with van der Waals surface area (Å²) < 4.78 is 32.7. The topological polar surface area (TPSA) is 91.8 Å². The zero-order valence-electron chi connectivity index (χ0n) is 16.9. The Hall–Kier alpha value is -2.58. The zero-order valence-corrected chi connectivity index (χ0v) is 17.7. The molecule has 0 aliphatic carbocycles. The molecule has 0 bridgehead atoms. The van der Waals surface area contributed by atoms with E-state index in [4.69, 9.17) is 4.74 Å². The highest BCUT2D eigenvalue weighted by Gasteiger charge is 2.13. The first kappa shape index (κ1) is 21.1.